The Bertz CT molecular complexity index is 1430. The Morgan fingerprint density at radius 1 is 1.18 bits per heavy atom. The average molecular weight is 561 g/mol. The monoisotopic (exact) mass is 560 g/mol. The van der Waals surface area contributed by atoms with Crippen LogP contribution in [0.25, 0.3) is 0 Å². The number of aryl methyl sites for hydroxylation is 2. The Labute approximate surface area is 241 Å². The predicted octanol–water partition coefficient (Wildman–Crippen LogP) is 5.79. The molecule has 1 fully saturated rings. The van der Waals surface area contributed by atoms with Crippen molar-refractivity contribution in [1.82, 2.24) is 14.9 Å². The van der Waals surface area contributed by atoms with E-state index in [0.29, 0.717) is 24.8 Å². The lowest BCUT2D eigenvalue weighted by Crippen LogP contribution is -2.52. The first-order valence-electron chi connectivity index (χ1n) is 14.5. The van der Waals surface area contributed by atoms with E-state index in [-0.39, 0.29) is 18.1 Å². The molecule has 9 heteroatoms. The number of likely N-dealkylation sites (N-methyl/N-ethyl adjacent to an activating group) is 1. The van der Waals surface area contributed by atoms with E-state index in [4.69, 9.17) is 9.72 Å². The van der Waals surface area contributed by atoms with Crippen molar-refractivity contribution in [3.8, 4) is 5.75 Å². The second-order valence-electron chi connectivity index (χ2n) is 11.7. The number of aromatic nitrogens is 2. The Hall–Kier alpha value is -3.17. The molecule has 0 saturated carbocycles. The summed E-state index contributed by atoms with van der Waals surface area (Å²) in [5, 5.41) is 5.67. The molecule has 1 N–H and O–H groups in total. The number of carbonyl (C=O) groups is 1. The lowest BCUT2D eigenvalue weighted by molar-refractivity contribution is -0.120. The first kappa shape index (κ1) is 27.0. The highest BCUT2D eigenvalue weighted by Gasteiger charge is 2.38. The van der Waals surface area contributed by atoms with Crippen molar-refractivity contribution in [2.75, 3.05) is 42.3 Å². The quantitative estimate of drug-likeness (QED) is 0.409. The van der Waals surface area contributed by atoms with Crippen molar-refractivity contribution >= 4 is 40.4 Å². The summed E-state index contributed by atoms with van der Waals surface area (Å²) in [5.41, 5.74) is 7.01. The molecule has 1 aromatic carbocycles. The maximum absolute atomic E-state index is 13.3. The average Bonchev–Trinajstić information content (AvgIpc) is 3.53. The van der Waals surface area contributed by atoms with Crippen molar-refractivity contribution in [2.45, 2.75) is 78.0 Å². The van der Waals surface area contributed by atoms with Gasteiger partial charge in [0, 0.05) is 23.9 Å². The number of ether oxygens (including phenoxy) is 1. The zero-order valence-electron chi connectivity index (χ0n) is 24.5. The molecule has 212 valence electrons. The molecule has 40 heavy (non-hydrogen) atoms. The maximum atomic E-state index is 13.3. The molecule has 2 aromatic heterocycles. The highest BCUT2D eigenvalue weighted by atomic mass is 32.1. The molecule has 1 amide bonds. The molecule has 3 aromatic rings. The summed E-state index contributed by atoms with van der Waals surface area (Å²) in [4.78, 5) is 30.4. The van der Waals surface area contributed by atoms with Crippen LogP contribution < -0.4 is 19.9 Å². The molecule has 0 aliphatic carbocycles. The van der Waals surface area contributed by atoms with Gasteiger partial charge < -0.3 is 24.8 Å². The van der Waals surface area contributed by atoms with E-state index < -0.39 is 0 Å². The number of anilines is 4. The Morgan fingerprint density at radius 3 is 2.65 bits per heavy atom. The van der Waals surface area contributed by atoms with Gasteiger partial charge in [-0.1, -0.05) is 6.92 Å². The van der Waals surface area contributed by atoms with Crippen molar-refractivity contribution in [3.05, 3.63) is 50.8 Å². The second-order valence-corrected chi connectivity index (χ2v) is 12.7. The summed E-state index contributed by atoms with van der Waals surface area (Å²) in [6.45, 7) is 11.4. The van der Waals surface area contributed by atoms with Crippen LogP contribution in [0.1, 0.15) is 66.2 Å². The number of hydrogen-bond acceptors (Lipinski definition) is 8. The lowest BCUT2D eigenvalue weighted by atomic mass is 9.82. The van der Waals surface area contributed by atoms with E-state index in [1.807, 2.05) is 7.05 Å². The van der Waals surface area contributed by atoms with Crippen LogP contribution in [0.5, 0.6) is 5.75 Å². The fourth-order valence-electron chi connectivity index (χ4n) is 6.65. The zero-order chi connectivity index (χ0) is 28.1. The highest BCUT2D eigenvalue weighted by molar-refractivity contribution is 7.10. The minimum atomic E-state index is -0.271. The van der Waals surface area contributed by atoms with Gasteiger partial charge in [-0.2, -0.15) is 4.98 Å². The van der Waals surface area contributed by atoms with Gasteiger partial charge in [0.1, 0.15) is 23.6 Å². The number of rotatable bonds is 6. The SMILES string of the molecule is CC[C@@H]1C(=O)N(C)c2cnc(Nc3cc(C)c(C4CCN(C)CC4)c4c3O[C@H](C)C4)nc2N1Cc1cc(C)cs1. The first-order chi connectivity index (χ1) is 19.2. The predicted molar refractivity (Wildman–Crippen MR) is 162 cm³/mol. The van der Waals surface area contributed by atoms with E-state index in [2.05, 4.69) is 72.4 Å². The van der Waals surface area contributed by atoms with Crippen LogP contribution >= 0.6 is 11.3 Å². The van der Waals surface area contributed by atoms with Crippen molar-refractivity contribution in [2.24, 2.45) is 0 Å². The van der Waals surface area contributed by atoms with Crippen LogP contribution in [0.15, 0.2) is 23.7 Å². The summed E-state index contributed by atoms with van der Waals surface area (Å²) in [6, 6.07) is 4.13. The molecular weight excluding hydrogens is 520 g/mol. The number of nitrogens with zero attached hydrogens (tertiary/aromatic N) is 5. The molecule has 3 aliphatic rings. The van der Waals surface area contributed by atoms with Gasteiger partial charge in [-0.15, -0.1) is 11.3 Å². The van der Waals surface area contributed by atoms with Crippen molar-refractivity contribution in [3.63, 3.8) is 0 Å². The van der Waals surface area contributed by atoms with Gasteiger partial charge in [0.2, 0.25) is 11.9 Å². The number of thiophene rings is 1. The maximum Gasteiger partial charge on any atom is 0.249 e. The van der Waals surface area contributed by atoms with Crippen LogP contribution in [-0.4, -0.2) is 60.1 Å². The normalized spacial score (nSPS) is 21.4. The van der Waals surface area contributed by atoms with Crippen molar-refractivity contribution < 1.29 is 9.53 Å². The zero-order valence-corrected chi connectivity index (χ0v) is 25.3. The third-order valence-electron chi connectivity index (χ3n) is 8.69. The molecule has 3 aliphatic heterocycles. The number of amides is 1. The molecule has 5 heterocycles. The minimum absolute atomic E-state index is 0.0768. The second kappa shape index (κ2) is 10.7. The third kappa shape index (κ3) is 4.83. The first-order valence-corrected chi connectivity index (χ1v) is 15.3. The van der Waals surface area contributed by atoms with Gasteiger partial charge >= 0.3 is 0 Å². The van der Waals surface area contributed by atoms with Crippen LogP contribution in [0.4, 0.5) is 23.1 Å². The molecule has 0 radical (unpaired) electrons. The topological polar surface area (TPSA) is 73.8 Å². The van der Waals surface area contributed by atoms with Gasteiger partial charge in [-0.3, -0.25) is 4.79 Å². The Balaban J connectivity index is 1.36. The fourth-order valence-corrected chi connectivity index (χ4v) is 7.52. The number of carbonyl (C=O) groups excluding carboxylic acids is 1. The fraction of sp³-hybridized carbons (Fsp3) is 0.516. The lowest BCUT2D eigenvalue weighted by Gasteiger charge is -2.40. The molecule has 0 spiro atoms. The van der Waals surface area contributed by atoms with E-state index >= 15 is 0 Å². The smallest absolute Gasteiger partial charge is 0.249 e. The summed E-state index contributed by atoms with van der Waals surface area (Å²) >= 11 is 1.72. The molecule has 8 nitrogen and oxygen atoms in total. The summed E-state index contributed by atoms with van der Waals surface area (Å²) in [7, 11) is 4.03. The van der Waals surface area contributed by atoms with Crippen LogP contribution in [0, 0.1) is 13.8 Å². The molecular formula is C31H40N6O2S. The number of fused-ring (bicyclic) bond motifs is 2. The number of benzene rings is 1. The van der Waals surface area contributed by atoms with E-state index in [0.717, 1.165) is 42.5 Å². The summed E-state index contributed by atoms with van der Waals surface area (Å²) in [6.07, 6.45) is 5.91. The molecule has 1 saturated heterocycles. The largest absolute Gasteiger partial charge is 0.488 e. The van der Waals surface area contributed by atoms with E-state index in [1.54, 1.807) is 22.4 Å². The Kier molecular flexibility index (Phi) is 7.21. The van der Waals surface area contributed by atoms with Gasteiger partial charge in [-0.25, -0.2) is 4.98 Å². The van der Waals surface area contributed by atoms with Gasteiger partial charge in [-0.05, 0) is 100 Å². The van der Waals surface area contributed by atoms with E-state index in [1.165, 1.54) is 40.0 Å². The third-order valence-corrected chi connectivity index (χ3v) is 9.73. The number of piperidine rings is 1. The molecule has 0 bridgehead atoms. The van der Waals surface area contributed by atoms with Crippen LogP contribution in [0.2, 0.25) is 0 Å². The van der Waals surface area contributed by atoms with Crippen LogP contribution in [0.3, 0.4) is 0 Å². The summed E-state index contributed by atoms with van der Waals surface area (Å²) < 4.78 is 6.41. The Morgan fingerprint density at radius 2 is 1.95 bits per heavy atom. The minimum Gasteiger partial charge on any atom is -0.488 e. The van der Waals surface area contributed by atoms with Gasteiger partial charge in [0.25, 0.3) is 0 Å². The number of hydrogen-bond donors (Lipinski definition) is 1. The van der Waals surface area contributed by atoms with E-state index in [9.17, 15) is 4.79 Å². The molecule has 2 atom stereocenters. The van der Waals surface area contributed by atoms with Crippen LogP contribution in [-0.2, 0) is 17.8 Å². The standard InChI is InChI=1S/C31H40N6O2S/c1-7-25-30(38)36(6)26-15-32-31(34-29(26)37(25)16-22-12-18(2)17-40-22)33-24-13-19(3)27(21-8-10-35(5)11-9-21)23-14-20(4)39-28(23)24/h12-13,15,17,20-21,25H,7-11,14,16H2,1-6H3,(H,32,33,34)/t20-,25-/m1/s1. The van der Waals surface area contributed by atoms with Gasteiger partial charge in [0.15, 0.2) is 5.82 Å². The molecule has 6 rings (SSSR count). The number of nitrogens with one attached hydrogen (secondary N) is 1. The molecule has 0 unspecified atom stereocenters. The van der Waals surface area contributed by atoms with Gasteiger partial charge in [0.05, 0.1) is 18.4 Å². The number of likely N-dealkylation sites (tertiary alicyclic amines) is 1. The van der Waals surface area contributed by atoms with Crippen molar-refractivity contribution in [1.29, 1.82) is 0 Å². The summed E-state index contributed by atoms with van der Waals surface area (Å²) in [5.74, 6) is 2.89. The highest BCUT2D eigenvalue weighted by Crippen LogP contribution is 2.46.